The molecule has 31 heavy (non-hydrogen) atoms. The molecule has 1 aliphatic carbocycles. The van der Waals surface area contributed by atoms with Gasteiger partial charge in [-0.05, 0) is 55.5 Å². The first-order valence-electron chi connectivity index (χ1n) is 10.3. The number of anilines is 2. The van der Waals surface area contributed by atoms with Crippen LogP contribution in [0.25, 0.3) is 0 Å². The van der Waals surface area contributed by atoms with E-state index >= 15 is 0 Å². The summed E-state index contributed by atoms with van der Waals surface area (Å²) in [6.45, 7) is 8.16. The van der Waals surface area contributed by atoms with Crippen molar-refractivity contribution in [3.63, 3.8) is 0 Å². The van der Waals surface area contributed by atoms with Gasteiger partial charge >= 0.3 is 0 Å². The lowest BCUT2D eigenvalue weighted by molar-refractivity contribution is -0.118. The maximum Gasteiger partial charge on any atom is 0.262 e. The fourth-order valence-corrected chi connectivity index (χ4v) is 3.82. The summed E-state index contributed by atoms with van der Waals surface area (Å²) in [5.41, 5.74) is 2.39. The molecule has 3 rings (SSSR count). The predicted molar refractivity (Wildman–Crippen MR) is 122 cm³/mol. The number of hydrogen-bond acceptors (Lipinski definition) is 4. The Morgan fingerprint density at radius 2 is 1.65 bits per heavy atom. The lowest BCUT2D eigenvalue weighted by Crippen LogP contribution is -2.21. The zero-order valence-corrected chi connectivity index (χ0v) is 18.7. The van der Waals surface area contributed by atoms with Gasteiger partial charge < -0.3 is 20.1 Å². The summed E-state index contributed by atoms with van der Waals surface area (Å²) in [6.07, 6.45) is 2.17. The summed E-state index contributed by atoms with van der Waals surface area (Å²) in [6, 6.07) is 14.3. The molecule has 0 aromatic heterocycles. The minimum absolute atomic E-state index is 0.00418. The summed E-state index contributed by atoms with van der Waals surface area (Å²) in [5.74, 6) is 0.938. The number of hydrogen-bond donors (Lipinski definition) is 2. The summed E-state index contributed by atoms with van der Waals surface area (Å²) >= 11 is 0. The number of methoxy groups -OCH3 is 1. The van der Waals surface area contributed by atoms with Gasteiger partial charge in [-0.15, -0.1) is 0 Å². The number of carbonyl (C=O) groups is 2. The lowest BCUT2D eigenvalue weighted by atomic mass is 10.1. The highest BCUT2D eigenvalue weighted by Gasteiger charge is 2.60. The van der Waals surface area contributed by atoms with E-state index in [2.05, 4.69) is 30.6 Å². The monoisotopic (exact) mass is 422 g/mol. The van der Waals surface area contributed by atoms with Crippen molar-refractivity contribution in [1.29, 1.82) is 0 Å². The van der Waals surface area contributed by atoms with Crippen LogP contribution in [-0.4, -0.2) is 25.5 Å². The van der Waals surface area contributed by atoms with Crippen LogP contribution in [0.2, 0.25) is 0 Å². The van der Waals surface area contributed by atoms with E-state index in [0.29, 0.717) is 22.9 Å². The van der Waals surface area contributed by atoms with Crippen molar-refractivity contribution in [2.45, 2.75) is 27.7 Å². The van der Waals surface area contributed by atoms with Crippen molar-refractivity contribution in [2.75, 3.05) is 24.4 Å². The Bertz CT molecular complexity index is 993. The van der Waals surface area contributed by atoms with Gasteiger partial charge in [0.2, 0.25) is 5.91 Å². The van der Waals surface area contributed by atoms with E-state index in [9.17, 15) is 9.59 Å². The topological polar surface area (TPSA) is 76.7 Å². The van der Waals surface area contributed by atoms with Crippen LogP contribution in [0, 0.1) is 17.3 Å². The van der Waals surface area contributed by atoms with Gasteiger partial charge in [0.05, 0.1) is 13.0 Å². The molecule has 2 aromatic rings. The zero-order valence-electron chi connectivity index (χ0n) is 18.7. The van der Waals surface area contributed by atoms with Gasteiger partial charge in [0.15, 0.2) is 18.1 Å². The lowest BCUT2D eigenvalue weighted by Gasteiger charge is -2.11. The van der Waals surface area contributed by atoms with Gasteiger partial charge in [-0.25, -0.2) is 0 Å². The van der Waals surface area contributed by atoms with Crippen LogP contribution >= 0.6 is 0 Å². The van der Waals surface area contributed by atoms with E-state index in [1.165, 1.54) is 5.57 Å². The third kappa shape index (κ3) is 5.45. The summed E-state index contributed by atoms with van der Waals surface area (Å²) < 4.78 is 10.8. The molecule has 1 fully saturated rings. The van der Waals surface area contributed by atoms with Crippen molar-refractivity contribution in [2.24, 2.45) is 17.3 Å². The molecule has 2 aromatic carbocycles. The molecule has 2 amide bonds. The first-order chi connectivity index (χ1) is 14.7. The van der Waals surface area contributed by atoms with Crippen LogP contribution in [-0.2, 0) is 9.59 Å². The quantitative estimate of drug-likeness (QED) is 0.594. The third-order valence-corrected chi connectivity index (χ3v) is 5.55. The maximum absolute atomic E-state index is 12.8. The standard InChI is InChI=1S/C25H30N2O4/c1-16(2)13-19-23(25(19,3)4)24(29)27-18-10-8-9-17(14-18)26-22(28)15-31-21-12-7-6-11-20(21)30-5/h6-14,19,23H,15H2,1-5H3,(H,26,28)(H,27,29). The number of rotatable bonds is 8. The van der Waals surface area contributed by atoms with E-state index in [1.807, 2.05) is 32.0 Å². The number of allylic oxidation sites excluding steroid dienone is 2. The van der Waals surface area contributed by atoms with Gasteiger partial charge in [-0.3, -0.25) is 9.59 Å². The van der Waals surface area contributed by atoms with E-state index < -0.39 is 0 Å². The van der Waals surface area contributed by atoms with Gasteiger partial charge in [0.1, 0.15) is 0 Å². The van der Waals surface area contributed by atoms with Gasteiger partial charge in [-0.2, -0.15) is 0 Å². The molecule has 1 saturated carbocycles. The summed E-state index contributed by atoms with van der Waals surface area (Å²) in [4.78, 5) is 25.1. The molecule has 2 unspecified atom stereocenters. The normalized spacial score (nSPS) is 18.5. The molecule has 0 bridgehead atoms. The largest absolute Gasteiger partial charge is 0.493 e. The van der Waals surface area contributed by atoms with Crippen molar-refractivity contribution < 1.29 is 19.1 Å². The van der Waals surface area contributed by atoms with Crippen LogP contribution in [0.5, 0.6) is 11.5 Å². The maximum atomic E-state index is 12.8. The Kier molecular flexibility index (Phi) is 6.68. The van der Waals surface area contributed by atoms with E-state index in [4.69, 9.17) is 9.47 Å². The third-order valence-electron chi connectivity index (χ3n) is 5.55. The Morgan fingerprint density at radius 3 is 2.29 bits per heavy atom. The van der Waals surface area contributed by atoms with Crippen LogP contribution < -0.4 is 20.1 Å². The second-order valence-corrected chi connectivity index (χ2v) is 8.63. The van der Waals surface area contributed by atoms with Crippen molar-refractivity contribution in [1.82, 2.24) is 0 Å². The number of para-hydroxylation sites is 2. The Balaban J connectivity index is 1.57. The average Bonchev–Trinajstić information content (AvgIpc) is 3.25. The van der Waals surface area contributed by atoms with Gasteiger partial charge in [0, 0.05) is 11.4 Å². The molecule has 1 aliphatic rings. The van der Waals surface area contributed by atoms with E-state index in [-0.39, 0.29) is 35.7 Å². The second kappa shape index (κ2) is 9.25. The zero-order chi connectivity index (χ0) is 22.6. The van der Waals surface area contributed by atoms with Crippen LogP contribution in [0.3, 0.4) is 0 Å². The molecule has 0 saturated heterocycles. The molecular formula is C25H30N2O4. The molecule has 0 radical (unpaired) electrons. The SMILES string of the molecule is COc1ccccc1OCC(=O)Nc1cccc(NC(=O)C2C(C=C(C)C)C2(C)C)c1. The highest BCUT2D eigenvalue weighted by atomic mass is 16.5. The molecule has 0 heterocycles. The first kappa shape index (κ1) is 22.4. The fourth-order valence-electron chi connectivity index (χ4n) is 3.82. The summed E-state index contributed by atoms with van der Waals surface area (Å²) in [7, 11) is 1.55. The number of benzene rings is 2. The van der Waals surface area contributed by atoms with Crippen LogP contribution in [0.15, 0.2) is 60.2 Å². The number of amides is 2. The first-order valence-corrected chi connectivity index (χ1v) is 10.3. The molecule has 6 nitrogen and oxygen atoms in total. The molecule has 0 aliphatic heterocycles. The highest BCUT2D eigenvalue weighted by molar-refractivity contribution is 5.97. The summed E-state index contributed by atoms with van der Waals surface area (Å²) in [5, 5.41) is 5.78. The van der Waals surface area contributed by atoms with Crippen LogP contribution in [0.4, 0.5) is 11.4 Å². The predicted octanol–water partition coefficient (Wildman–Crippen LogP) is 4.89. The van der Waals surface area contributed by atoms with E-state index in [1.54, 1.807) is 37.4 Å². The molecule has 2 atom stereocenters. The average molecular weight is 423 g/mol. The molecule has 0 spiro atoms. The Hall–Kier alpha value is -3.28. The van der Waals surface area contributed by atoms with Gasteiger partial charge in [0.25, 0.3) is 5.91 Å². The van der Waals surface area contributed by atoms with Crippen molar-refractivity contribution in [3.8, 4) is 11.5 Å². The number of nitrogens with one attached hydrogen (secondary N) is 2. The molecular weight excluding hydrogens is 392 g/mol. The Morgan fingerprint density at radius 1 is 1.00 bits per heavy atom. The molecule has 164 valence electrons. The van der Waals surface area contributed by atoms with Crippen LogP contribution in [0.1, 0.15) is 27.7 Å². The minimum atomic E-state index is -0.304. The Labute approximate surface area is 183 Å². The molecule has 2 N–H and O–H groups in total. The minimum Gasteiger partial charge on any atom is -0.493 e. The number of ether oxygens (including phenoxy) is 2. The number of carbonyl (C=O) groups excluding carboxylic acids is 2. The van der Waals surface area contributed by atoms with Crippen molar-refractivity contribution >= 4 is 23.2 Å². The smallest absolute Gasteiger partial charge is 0.262 e. The highest BCUT2D eigenvalue weighted by Crippen LogP contribution is 2.59. The molecule has 6 heteroatoms. The van der Waals surface area contributed by atoms with E-state index in [0.717, 1.165) is 0 Å². The van der Waals surface area contributed by atoms with Crippen molar-refractivity contribution in [3.05, 3.63) is 60.2 Å². The van der Waals surface area contributed by atoms with Gasteiger partial charge in [-0.1, -0.05) is 43.7 Å². The second-order valence-electron chi connectivity index (χ2n) is 8.63. The fraction of sp³-hybridized carbons (Fsp3) is 0.360.